The topological polar surface area (TPSA) is 128 Å². The van der Waals surface area contributed by atoms with Gasteiger partial charge in [-0.1, -0.05) is 43.0 Å². The highest BCUT2D eigenvalue weighted by atomic mass is 16.5. The molecule has 0 aliphatic carbocycles. The van der Waals surface area contributed by atoms with Gasteiger partial charge in [-0.05, 0) is 36.6 Å². The smallest absolute Gasteiger partial charge is 0.255 e. The minimum atomic E-state index is -0.206. The van der Waals surface area contributed by atoms with E-state index >= 15 is 0 Å². The Morgan fingerprint density at radius 1 is 1.13 bits per heavy atom. The van der Waals surface area contributed by atoms with Crippen LogP contribution in [0.3, 0.4) is 0 Å². The lowest BCUT2D eigenvalue weighted by atomic mass is 10.0. The molecule has 2 aromatic carbocycles. The molecule has 0 saturated carbocycles. The first-order valence-electron chi connectivity index (χ1n) is 12.4. The number of piperidine rings is 1. The van der Waals surface area contributed by atoms with Crippen molar-refractivity contribution in [3.8, 4) is 17.0 Å². The van der Waals surface area contributed by atoms with Crippen molar-refractivity contribution in [2.75, 3.05) is 25.9 Å². The molecule has 1 saturated heterocycles. The quantitative estimate of drug-likeness (QED) is 0.364. The Kier molecular flexibility index (Phi) is 7.03. The molecule has 0 radical (unpaired) electrons. The summed E-state index contributed by atoms with van der Waals surface area (Å²) in [4.78, 5) is 35.1. The van der Waals surface area contributed by atoms with Crippen molar-refractivity contribution in [2.24, 2.45) is 0 Å². The van der Waals surface area contributed by atoms with Gasteiger partial charge in [0.05, 0.1) is 24.1 Å². The number of carbonyl (C=O) groups is 2. The van der Waals surface area contributed by atoms with E-state index in [9.17, 15) is 9.59 Å². The second-order valence-corrected chi connectivity index (χ2v) is 9.09. The summed E-state index contributed by atoms with van der Waals surface area (Å²) in [7, 11) is 1.54. The maximum absolute atomic E-state index is 12.6. The molecule has 0 unspecified atom stereocenters. The van der Waals surface area contributed by atoms with E-state index in [2.05, 4.69) is 21.9 Å². The lowest BCUT2D eigenvalue weighted by Crippen LogP contribution is -2.38. The van der Waals surface area contributed by atoms with E-state index in [1.54, 1.807) is 30.2 Å². The van der Waals surface area contributed by atoms with Crippen LogP contribution >= 0.6 is 0 Å². The number of hydrogen-bond acceptors (Lipinski definition) is 7. The third kappa shape index (κ3) is 4.80. The number of ether oxygens (including phenoxy) is 1. The Hall–Kier alpha value is -4.73. The van der Waals surface area contributed by atoms with Crippen molar-refractivity contribution in [1.29, 1.82) is 0 Å². The number of amides is 2. The van der Waals surface area contributed by atoms with Crippen LogP contribution in [-0.4, -0.2) is 56.7 Å². The molecule has 2 aromatic heterocycles. The zero-order valence-electron chi connectivity index (χ0n) is 21.1. The fraction of sp³-hybridized carbons (Fsp3) is 0.250. The maximum atomic E-state index is 12.6. The third-order valence-electron chi connectivity index (χ3n) is 6.85. The highest BCUT2D eigenvalue weighted by Gasteiger charge is 2.27. The van der Waals surface area contributed by atoms with Crippen LogP contribution < -0.4 is 15.8 Å². The van der Waals surface area contributed by atoms with E-state index in [-0.39, 0.29) is 17.9 Å². The van der Waals surface area contributed by atoms with Gasteiger partial charge in [0.25, 0.3) is 5.91 Å². The number of anilines is 1. The average Bonchev–Trinajstić information content (AvgIpc) is 3.36. The first-order chi connectivity index (χ1) is 18.5. The summed E-state index contributed by atoms with van der Waals surface area (Å²) in [5, 5.41) is 8.56. The fourth-order valence-electron chi connectivity index (χ4n) is 4.80. The van der Waals surface area contributed by atoms with Gasteiger partial charge in [0, 0.05) is 25.2 Å². The zero-order chi connectivity index (χ0) is 26.6. The van der Waals surface area contributed by atoms with E-state index in [1.807, 2.05) is 35.0 Å². The predicted molar refractivity (Wildman–Crippen MR) is 144 cm³/mol. The predicted octanol–water partition coefficient (Wildman–Crippen LogP) is 3.36. The number of carbonyl (C=O) groups excluding carboxylic acids is 2. The van der Waals surface area contributed by atoms with E-state index < -0.39 is 0 Å². The van der Waals surface area contributed by atoms with E-state index in [0.29, 0.717) is 53.5 Å². The van der Waals surface area contributed by atoms with Gasteiger partial charge in [0.2, 0.25) is 5.91 Å². The number of nitrogens with two attached hydrogens (primary N) is 1. The lowest BCUT2D eigenvalue weighted by Gasteiger charge is -2.31. The van der Waals surface area contributed by atoms with Crippen LogP contribution in [0.4, 0.5) is 5.82 Å². The Balaban J connectivity index is 1.36. The van der Waals surface area contributed by atoms with Crippen molar-refractivity contribution >= 4 is 28.7 Å². The number of nitrogens with zero attached hydrogens (tertiary/aromatic N) is 5. The largest absolute Gasteiger partial charge is 0.496 e. The van der Waals surface area contributed by atoms with Gasteiger partial charge in [-0.25, -0.2) is 14.6 Å². The van der Waals surface area contributed by atoms with Gasteiger partial charge in [0.1, 0.15) is 23.6 Å². The molecule has 0 bridgehead atoms. The Morgan fingerprint density at radius 2 is 1.87 bits per heavy atom. The van der Waals surface area contributed by atoms with Crippen LogP contribution in [0.1, 0.15) is 34.8 Å². The number of aromatic nitrogens is 4. The molecule has 10 nitrogen and oxygen atoms in total. The van der Waals surface area contributed by atoms with Crippen LogP contribution in [0, 0.1) is 0 Å². The Labute approximate surface area is 220 Å². The van der Waals surface area contributed by atoms with E-state index in [1.165, 1.54) is 12.4 Å². The minimum absolute atomic E-state index is 0.0554. The van der Waals surface area contributed by atoms with Crippen molar-refractivity contribution in [1.82, 2.24) is 30.0 Å². The molecule has 38 heavy (non-hydrogen) atoms. The highest BCUT2D eigenvalue weighted by molar-refractivity contribution is 5.98. The number of fused-ring (bicyclic) bond motifs is 1. The molecule has 2 amide bonds. The van der Waals surface area contributed by atoms with Crippen LogP contribution in [0.2, 0.25) is 0 Å². The third-order valence-corrected chi connectivity index (χ3v) is 6.85. The molecule has 4 aromatic rings. The molecule has 1 aliphatic rings. The van der Waals surface area contributed by atoms with Gasteiger partial charge < -0.3 is 20.7 Å². The van der Waals surface area contributed by atoms with Crippen LogP contribution in [0.5, 0.6) is 5.75 Å². The maximum Gasteiger partial charge on any atom is 0.255 e. The second kappa shape index (κ2) is 10.7. The summed E-state index contributed by atoms with van der Waals surface area (Å²) in [5.74, 6) is 0.631. The van der Waals surface area contributed by atoms with Crippen LogP contribution in [-0.2, 0) is 11.3 Å². The number of benzene rings is 2. The number of methoxy groups -OCH3 is 1. The normalized spacial score (nSPS) is 13.9. The Bertz CT molecular complexity index is 1490. The van der Waals surface area contributed by atoms with E-state index in [4.69, 9.17) is 15.6 Å². The molecule has 3 heterocycles. The molecular formula is C28H29N7O3. The molecule has 0 atom stereocenters. The second-order valence-electron chi connectivity index (χ2n) is 9.09. The molecule has 194 valence electrons. The van der Waals surface area contributed by atoms with Crippen LogP contribution in [0.15, 0.2) is 67.5 Å². The number of hydrogen-bond donors (Lipinski definition) is 2. The molecular weight excluding hydrogens is 482 g/mol. The van der Waals surface area contributed by atoms with Gasteiger partial charge >= 0.3 is 0 Å². The Morgan fingerprint density at radius 3 is 2.58 bits per heavy atom. The van der Waals surface area contributed by atoms with Gasteiger partial charge in [-0.2, -0.15) is 5.10 Å². The number of likely N-dealkylation sites (tertiary alicyclic amines) is 1. The summed E-state index contributed by atoms with van der Waals surface area (Å²) in [6.45, 7) is 5.20. The van der Waals surface area contributed by atoms with Gasteiger partial charge in [-0.3, -0.25) is 9.59 Å². The summed E-state index contributed by atoms with van der Waals surface area (Å²) >= 11 is 0. The number of nitrogens with one attached hydrogen (secondary N) is 1. The number of rotatable bonds is 7. The fourth-order valence-corrected chi connectivity index (χ4v) is 4.80. The monoisotopic (exact) mass is 511 g/mol. The van der Waals surface area contributed by atoms with Crippen molar-refractivity contribution < 1.29 is 14.3 Å². The average molecular weight is 512 g/mol. The standard InChI is InChI=1S/C28H29N7O3/c1-3-23(36)34-14-12-20(13-15-34)35-27-24(26(29)31-17-32-27)25(33-35)19-10-8-18(9-11-19)16-30-28(37)21-6-4-5-7-22(21)38-2/h3-11,17,20H,1,12-16H2,2H3,(H,30,37)(H2,29,31,32). The highest BCUT2D eigenvalue weighted by Crippen LogP contribution is 2.34. The summed E-state index contributed by atoms with van der Waals surface area (Å²) in [6, 6.07) is 15.0. The lowest BCUT2D eigenvalue weighted by molar-refractivity contribution is -0.127. The summed E-state index contributed by atoms with van der Waals surface area (Å²) < 4.78 is 7.20. The zero-order valence-corrected chi connectivity index (χ0v) is 21.1. The molecule has 1 fully saturated rings. The van der Waals surface area contributed by atoms with Crippen molar-refractivity contribution in [3.63, 3.8) is 0 Å². The molecule has 10 heteroatoms. The van der Waals surface area contributed by atoms with Crippen molar-refractivity contribution in [2.45, 2.75) is 25.4 Å². The summed E-state index contributed by atoms with van der Waals surface area (Å²) in [5.41, 5.74) is 9.95. The van der Waals surface area contributed by atoms with Gasteiger partial charge in [0.15, 0.2) is 5.65 Å². The first-order valence-corrected chi connectivity index (χ1v) is 12.4. The SMILES string of the molecule is C=CC(=O)N1CCC(n2nc(-c3ccc(CNC(=O)c4ccccc4OC)cc3)c3c(N)ncnc32)CC1. The molecule has 1 aliphatic heterocycles. The van der Waals surface area contributed by atoms with Crippen LogP contribution in [0.25, 0.3) is 22.3 Å². The number of nitrogen functional groups attached to an aromatic ring is 1. The van der Waals surface area contributed by atoms with E-state index in [0.717, 1.165) is 24.0 Å². The molecule has 3 N–H and O–H groups in total. The number of para-hydroxylation sites is 1. The van der Waals surface area contributed by atoms with Crippen molar-refractivity contribution in [3.05, 3.63) is 78.6 Å². The summed E-state index contributed by atoms with van der Waals surface area (Å²) in [6.07, 6.45) is 4.31. The molecule has 0 spiro atoms. The minimum Gasteiger partial charge on any atom is -0.496 e. The van der Waals surface area contributed by atoms with Gasteiger partial charge in [-0.15, -0.1) is 0 Å². The molecule has 5 rings (SSSR count). The first kappa shape index (κ1) is 24.9.